The van der Waals surface area contributed by atoms with E-state index in [2.05, 4.69) is 117 Å². The molecule has 0 saturated heterocycles. The molecule has 0 radical (unpaired) electrons. The lowest BCUT2D eigenvalue weighted by Crippen LogP contribution is -2.07. The fourth-order valence-electron chi connectivity index (χ4n) is 4.94. The fourth-order valence-corrected chi connectivity index (χ4v) is 4.94. The molecule has 7 rings (SSSR count). The molecule has 0 saturated carbocycles. The van der Waals surface area contributed by atoms with Crippen LogP contribution in [0.4, 0.5) is 0 Å². The lowest BCUT2D eigenvalue weighted by Gasteiger charge is -2.09. The van der Waals surface area contributed by atoms with Gasteiger partial charge >= 0.3 is 0 Å². The topological polar surface area (TPSA) is 48.5 Å². The molecule has 0 atom stereocenters. The first kappa shape index (κ1) is 18.1. The second kappa shape index (κ2) is 6.74. The summed E-state index contributed by atoms with van der Waals surface area (Å²) in [5, 5.41) is 4.75. The smallest absolute Gasteiger partial charge is 0.239 e. The second-order valence-corrected chi connectivity index (χ2v) is 8.33. The molecule has 0 amide bonds. The molecular formula is C28H19N5. The van der Waals surface area contributed by atoms with Gasteiger partial charge in [0.25, 0.3) is 0 Å². The molecule has 0 spiro atoms. The first-order valence-corrected chi connectivity index (χ1v) is 11.0. The van der Waals surface area contributed by atoms with Crippen LogP contribution in [-0.4, -0.2) is 24.1 Å². The first-order valence-electron chi connectivity index (χ1n) is 11.0. The summed E-state index contributed by atoms with van der Waals surface area (Å²) in [5.74, 6) is 1.22. The van der Waals surface area contributed by atoms with Gasteiger partial charge < -0.3 is 0 Å². The summed E-state index contributed by atoms with van der Waals surface area (Å²) in [5.41, 5.74) is 5.55. The van der Waals surface area contributed by atoms with Crippen molar-refractivity contribution in [2.24, 2.45) is 0 Å². The molecule has 0 N–H and O–H groups in total. The van der Waals surface area contributed by atoms with E-state index in [0.717, 1.165) is 22.1 Å². The van der Waals surface area contributed by atoms with Crippen LogP contribution in [-0.2, 0) is 0 Å². The average molecular weight is 425 g/mol. The third-order valence-electron chi connectivity index (χ3n) is 6.35. The number of hydrogen-bond acceptors (Lipinski definition) is 3. The van der Waals surface area contributed by atoms with Gasteiger partial charge in [-0.1, -0.05) is 66.2 Å². The number of fused-ring (bicyclic) bond motifs is 6. The van der Waals surface area contributed by atoms with E-state index in [1.807, 2.05) is 0 Å². The van der Waals surface area contributed by atoms with Gasteiger partial charge in [0.05, 0.1) is 22.1 Å². The van der Waals surface area contributed by atoms with Crippen molar-refractivity contribution >= 4 is 43.6 Å². The summed E-state index contributed by atoms with van der Waals surface area (Å²) in [7, 11) is 0. The van der Waals surface area contributed by atoms with E-state index in [1.165, 1.54) is 27.1 Å². The first-order chi connectivity index (χ1) is 16.3. The number of aromatic nitrogens is 5. The van der Waals surface area contributed by atoms with Gasteiger partial charge in [-0.2, -0.15) is 4.98 Å². The Morgan fingerprint density at radius 1 is 0.515 bits per heavy atom. The van der Waals surface area contributed by atoms with E-state index in [4.69, 9.17) is 4.98 Å². The van der Waals surface area contributed by atoms with Gasteiger partial charge in [0.15, 0.2) is 0 Å². The standard InChI is InChI=1S/C28H19N5/c1-18-14-15-26-22(16-18)21-10-4-7-13-25(21)33(26)28-30-17-29-27(31-28)32-23-11-5-2-8-19(23)20-9-3-6-12-24(20)32/h2-17H,1H3. The van der Waals surface area contributed by atoms with Crippen LogP contribution in [0.25, 0.3) is 55.5 Å². The van der Waals surface area contributed by atoms with Gasteiger partial charge in [-0.3, -0.25) is 9.13 Å². The summed E-state index contributed by atoms with van der Waals surface area (Å²) in [6, 6.07) is 31.7. The Bertz CT molecular complexity index is 1790. The van der Waals surface area contributed by atoms with E-state index in [-0.39, 0.29) is 0 Å². The van der Waals surface area contributed by atoms with Crippen LogP contribution in [0.5, 0.6) is 0 Å². The molecule has 0 aliphatic heterocycles. The van der Waals surface area contributed by atoms with E-state index in [1.54, 1.807) is 6.33 Å². The van der Waals surface area contributed by atoms with Crippen molar-refractivity contribution < 1.29 is 0 Å². The highest BCUT2D eigenvalue weighted by Crippen LogP contribution is 2.33. The molecule has 33 heavy (non-hydrogen) atoms. The highest BCUT2D eigenvalue weighted by atomic mass is 15.3. The molecule has 5 nitrogen and oxygen atoms in total. The maximum absolute atomic E-state index is 4.98. The van der Waals surface area contributed by atoms with Crippen LogP contribution >= 0.6 is 0 Å². The average Bonchev–Trinajstić information content (AvgIpc) is 3.37. The van der Waals surface area contributed by atoms with Crippen LogP contribution < -0.4 is 0 Å². The van der Waals surface area contributed by atoms with E-state index in [0.29, 0.717) is 11.9 Å². The molecule has 3 heterocycles. The van der Waals surface area contributed by atoms with Crippen molar-refractivity contribution in [1.29, 1.82) is 0 Å². The molecule has 5 heteroatoms. The summed E-state index contributed by atoms with van der Waals surface area (Å²) in [6.45, 7) is 2.12. The predicted octanol–water partition coefficient (Wildman–Crippen LogP) is 6.37. The SMILES string of the molecule is Cc1ccc2c(c1)c1ccccc1n2-c1ncnc(-n2c3ccccc3c3ccccc32)n1. The van der Waals surface area contributed by atoms with Crippen molar-refractivity contribution in [3.8, 4) is 11.9 Å². The molecule has 0 aliphatic carbocycles. The zero-order chi connectivity index (χ0) is 21.9. The number of benzene rings is 4. The quantitative estimate of drug-likeness (QED) is 0.323. The Hall–Kier alpha value is -4.51. The predicted molar refractivity (Wildman–Crippen MR) is 133 cm³/mol. The van der Waals surface area contributed by atoms with Crippen LogP contribution in [0.1, 0.15) is 5.56 Å². The molecule has 0 unspecified atom stereocenters. The van der Waals surface area contributed by atoms with Gasteiger partial charge in [-0.25, -0.2) is 9.97 Å². The molecule has 3 aromatic heterocycles. The number of nitrogens with zero attached hydrogens (tertiary/aromatic N) is 5. The molecule has 7 aromatic rings. The Balaban J connectivity index is 1.55. The number of aryl methyl sites for hydroxylation is 1. The van der Waals surface area contributed by atoms with Crippen molar-refractivity contribution in [2.75, 3.05) is 0 Å². The molecular weight excluding hydrogens is 406 g/mol. The molecule has 156 valence electrons. The molecule has 0 fully saturated rings. The number of rotatable bonds is 2. The zero-order valence-electron chi connectivity index (χ0n) is 18.0. The molecule has 4 aromatic carbocycles. The highest BCUT2D eigenvalue weighted by molar-refractivity contribution is 6.10. The summed E-state index contributed by atoms with van der Waals surface area (Å²) >= 11 is 0. The van der Waals surface area contributed by atoms with Gasteiger partial charge in [0.2, 0.25) is 11.9 Å². The van der Waals surface area contributed by atoms with Gasteiger partial charge in [-0.05, 0) is 37.3 Å². The maximum atomic E-state index is 4.98. The minimum atomic E-state index is 0.607. The van der Waals surface area contributed by atoms with Crippen molar-refractivity contribution in [1.82, 2.24) is 24.1 Å². The Morgan fingerprint density at radius 2 is 0.970 bits per heavy atom. The highest BCUT2D eigenvalue weighted by Gasteiger charge is 2.17. The normalized spacial score (nSPS) is 11.8. The van der Waals surface area contributed by atoms with E-state index in [9.17, 15) is 0 Å². The van der Waals surface area contributed by atoms with E-state index < -0.39 is 0 Å². The van der Waals surface area contributed by atoms with Crippen LogP contribution in [0.2, 0.25) is 0 Å². The Labute approximate surface area is 189 Å². The fraction of sp³-hybridized carbons (Fsp3) is 0.0357. The molecule has 0 bridgehead atoms. The lowest BCUT2D eigenvalue weighted by molar-refractivity contribution is 0.886. The number of para-hydroxylation sites is 3. The van der Waals surface area contributed by atoms with Crippen molar-refractivity contribution in [3.63, 3.8) is 0 Å². The largest absolute Gasteiger partial charge is 0.278 e. The van der Waals surface area contributed by atoms with Crippen LogP contribution in [0.3, 0.4) is 0 Å². The Kier molecular flexibility index (Phi) is 3.70. The van der Waals surface area contributed by atoms with Crippen LogP contribution in [0, 0.1) is 6.92 Å². The summed E-state index contributed by atoms with van der Waals surface area (Å²) in [4.78, 5) is 14.2. The Morgan fingerprint density at radius 3 is 1.52 bits per heavy atom. The molecule has 0 aliphatic rings. The van der Waals surface area contributed by atoms with Crippen LogP contribution in [0.15, 0.2) is 97.3 Å². The van der Waals surface area contributed by atoms with Gasteiger partial charge in [0.1, 0.15) is 6.33 Å². The third-order valence-corrected chi connectivity index (χ3v) is 6.35. The van der Waals surface area contributed by atoms with Crippen molar-refractivity contribution in [3.05, 3.63) is 103 Å². The third kappa shape index (κ3) is 2.56. The summed E-state index contributed by atoms with van der Waals surface area (Å²) in [6.07, 6.45) is 1.61. The number of hydrogen-bond donors (Lipinski definition) is 0. The van der Waals surface area contributed by atoms with Gasteiger partial charge in [-0.15, -0.1) is 0 Å². The summed E-state index contributed by atoms with van der Waals surface area (Å²) < 4.78 is 4.25. The monoisotopic (exact) mass is 425 g/mol. The maximum Gasteiger partial charge on any atom is 0.239 e. The van der Waals surface area contributed by atoms with E-state index >= 15 is 0 Å². The minimum absolute atomic E-state index is 0.607. The lowest BCUT2D eigenvalue weighted by atomic mass is 10.1. The second-order valence-electron chi connectivity index (χ2n) is 8.33. The zero-order valence-corrected chi connectivity index (χ0v) is 18.0. The van der Waals surface area contributed by atoms with Crippen molar-refractivity contribution in [2.45, 2.75) is 6.92 Å². The minimum Gasteiger partial charge on any atom is -0.278 e. The van der Waals surface area contributed by atoms with Gasteiger partial charge in [0, 0.05) is 21.5 Å².